The Morgan fingerprint density at radius 1 is 1.47 bits per heavy atom. The van der Waals surface area contributed by atoms with E-state index in [2.05, 4.69) is 0 Å². The summed E-state index contributed by atoms with van der Waals surface area (Å²) >= 11 is 5.74. The largest absolute Gasteiger partial charge is 0.398 e. The number of nitrogens with two attached hydrogens (primary N) is 2. The molecule has 0 fully saturated rings. The quantitative estimate of drug-likeness (QED) is 0.787. The van der Waals surface area contributed by atoms with Crippen LogP contribution in [0.1, 0.15) is 12.5 Å². The summed E-state index contributed by atoms with van der Waals surface area (Å²) in [6.45, 7) is 1.56. The van der Waals surface area contributed by atoms with Crippen molar-refractivity contribution in [1.29, 1.82) is 0 Å². The number of halogens is 1. The van der Waals surface area contributed by atoms with Gasteiger partial charge in [0.15, 0.2) is 0 Å². The van der Waals surface area contributed by atoms with Crippen LogP contribution >= 0.6 is 11.6 Å². The highest BCUT2D eigenvalue weighted by molar-refractivity contribution is 7.89. The Hall–Kier alpha value is -0.780. The molecule has 1 unspecified atom stereocenters. The van der Waals surface area contributed by atoms with E-state index in [1.165, 1.54) is 0 Å². The van der Waals surface area contributed by atoms with E-state index in [0.717, 1.165) is 5.56 Å². The summed E-state index contributed by atoms with van der Waals surface area (Å²) in [6.07, 6.45) is 0.334. The van der Waals surface area contributed by atoms with Gasteiger partial charge < -0.3 is 5.73 Å². The normalized spacial score (nSPS) is 13.8. The van der Waals surface area contributed by atoms with Crippen LogP contribution in [0.3, 0.4) is 0 Å². The van der Waals surface area contributed by atoms with Crippen LogP contribution in [-0.2, 0) is 16.4 Å². The predicted molar refractivity (Wildman–Crippen MR) is 62.1 cm³/mol. The molecule has 0 saturated heterocycles. The third kappa shape index (κ3) is 3.37. The zero-order valence-electron chi connectivity index (χ0n) is 8.27. The number of primary sulfonamides is 1. The third-order valence-corrected chi connectivity index (χ3v) is 3.78. The summed E-state index contributed by atoms with van der Waals surface area (Å²) in [6, 6.07) is 5.03. The first-order chi connectivity index (χ1) is 6.80. The molecule has 6 heteroatoms. The molecule has 0 spiro atoms. The summed E-state index contributed by atoms with van der Waals surface area (Å²) in [7, 11) is -3.50. The van der Waals surface area contributed by atoms with E-state index in [1.54, 1.807) is 25.1 Å². The Balaban J connectivity index is 2.87. The summed E-state index contributed by atoms with van der Waals surface area (Å²) < 4.78 is 22.0. The second-order valence-electron chi connectivity index (χ2n) is 3.46. The maximum atomic E-state index is 11.0. The molecule has 1 aromatic carbocycles. The fraction of sp³-hybridized carbons (Fsp3) is 0.333. The smallest absolute Gasteiger partial charge is 0.212 e. The topological polar surface area (TPSA) is 86.2 Å². The molecular weight excluding hydrogens is 236 g/mol. The van der Waals surface area contributed by atoms with E-state index in [4.69, 9.17) is 22.5 Å². The van der Waals surface area contributed by atoms with Crippen LogP contribution in [-0.4, -0.2) is 13.7 Å². The minimum atomic E-state index is -3.50. The summed E-state index contributed by atoms with van der Waals surface area (Å²) in [5, 5.41) is 4.84. The van der Waals surface area contributed by atoms with Crippen LogP contribution in [0.4, 0.5) is 5.69 Å². The van der Waals surface area contributed by atoms with Crippen molar-refractivity contribution in [2.75, 3.05) is 5.73 Å². The van der Waals surface area contributed by atoms with Crippen LogP contribution in [0, 0.1) is 0 Å². The van der Waals surface area contributed by atoms with Crippen LogP contribution in [0.5, 0.6) is 0 Å². The van der Waals surface area contributed by atoms with Crippen molar-refractivity contribution < 1.29 is 8.42 Å². The Bertz CT molecular complexity index is 459. The molecule has 15 heavy (non-hydrogen) atoms. The van der Waals surface area contributed by atoms with Gasteiger partial charge in [0, 0.05) is 0 Å². The fourth-order valence-corrected chi connectivity index (χ4v) is 1.71. The molecule has 0 amide bonds. The number of anilines is 1. The SMILES string of the molecule is CC(Cc1ccc(Cl)c(N)c1)S(N)(=O)=O. The van der Waals surface area contributed by atoms with E-state index in [9.17, 15) is 8.42 Å². The average Bonchev–Trinajstić information content (AvgIpc) is 2.10. The van der Waals surface area contributed by atoms with Gasteiger partial charge in [0.05, 0.1) is 16.0 Å². The van der Waals surface area contributed by atoms with Crippen molar-refractivity contribution in [3.63, 3.8) is 0 Å². The van der Waals surface area contributed by atoms with E-state index in [-0.39, 0.29) is 0 Å². The summed E-state index contributed by atoms with van der Waals surface area (Å²) in [5.74, 6) is 0. The predicted octanol–water partition coefficient (Wildman–Crippen LogP) is 1.14. The molecule has 0 aliphatic rings. The highest BCUT2D eigenvalue weighted by Crippen LogP contribution is 2.20. The van der Waals surface area contributed by atoms with Gasteiger partial charge >= 0.3 is 0 Å². The second kappa shape index (κ2) is 4.38. The van der Waals surface area contributed by atoms with Crippen molar-refractivity contribution in [2.45, 2.75) is 18.6 Å². The third-order valence-electron chi connectivity index (χ3n) is 2.14. The first kappa shape index (κ1) is 12.3. The Kier molecular flexibility index (Phi) is 3.59. The van der Waals surface area contributed by atoms with Crippen molar-refractivity contribution >= 4 is 27.3 Å². The number of benzene rings is 1. The molecule has 4 nitrogen and oxygen atoms in total. The van der Waals surface area contributed by atoms with Gasteiger partial charge in [-0.15, -0.1) is 0 Å². The van der Waals surface area contributed by atoms with Crippen molar-refractivity contribution in [1.82, 2.24) is 0 Å². The molecule has 1 aromatic rings. The number of sulfonamides is 1. The molecule has 0 aliphatic carbocycles. The zero-order chi connectivity index (χ0) is 11.6. The lowest BCUT2D eigenvalue weighted by Crippen LogP contribution is -2.27. The van der Waals surface area contributed by atoms with Crippen LogP contribution < -0.4 is 10.9 Å². The van der Waals surface area contributed by atoms with E-state index in [0.29, 0.717) is 17.1 Å². The van der Waals surface area contributed by atoms with Gasteiger partial charge in [-0.3, -0.25) is 0 Å². The maximum absolute atomic E-state index is 11.0. The molecule has 1 rings (SSSR count). The molecular formula is C9H13ClN2O2S. The van der Waals surface area contributed by atoms with Gasteiger partial charge in [-0.25, -0.2) is 13.6 Å². The summed E-state index contributed by atoms with van der Waals surface area (Å²) in [5.41, 5.74) is 6.84. The van der Waals surface area contributed by atoms with Gasteiger partial charge in [0.1, 0.15) is 0 Å². The first-order valence-electron chi connectivity index (χ1n) is 4.36. The number of nitrogen functional groups attached to an aromatic ring is 1. The zero-order valence-corrected chi connectivity index (χ0v) is 9.85. The standard InChI is InChI=1S/C9H13ClN2O2S/c1-6(15(12,13)14)4-7-2-3-8(10)9(11)5-7/h2-3,5-6H,4,11H2,1H3,(H2,12,13,14). The number of hydrogen-bond donors (Lipinski definition) is 2. The Morgan fingerprint density at radius 3 is 2.53 bits per heavy atom. The van der Waals surface area contributed by atoms with E-state index in [1.807, 2.05) is 0 Å². The van der Waals surface area contributed by atoms with Crippen molar-refractivity contribution in [3.05, 3.63) is 28.8 Å². The fourth-order valence-electron chi connectivity index (χ4n) is 1.17. The van der Waals surface area contributed by atoms with Crippen LogP contribution in [0.25, 0.3) is 0 Å². The van der Waals surface area contributed by atoms with Crippen LogP contribution in [0.2, 0.25) is 5.02 Å². The lowest BCUT2D eigenvalue weighted by molar-refractivity contribution is 0.584. The first-order valence-corrected chi connectivity index (χ1v) is 6.35. The van der Waals surface area contributed by atoms with Gasteiger partial charge in [-0.2, -0.15) is 0 Å². The van der Waals surface area contributed by atoms with Gasteiger partial charge in [0.2, 0.25) is 10.0 Å². The molecule has 0 aliphatic heterocycles. The molecule has 0 aromatic heterocycles. The monoisotopic (exact) mass is 248 g/mol. The average molecular weight is 249 g/mol. The van der Waals surface area contributed by atoms with Gasteiger partial charge in [-0.05, 0) is 31.0 Å². The molecule has 0 heterocycles. The maximum Gasteiger partial charge on any atom is 0.212 e. The molecule has 0 bridgehead atoms. The Labute approximate surface area is 94.3 Å². The van der Waals surface area contributed by atoms with E-state index >= 15 is 0 Å². The van der Waals surface area contributed by atoms with E-state index < -0.39 is 15.3 Å². The lowest BCUT2D eigenvalue weighted by atomic mass is 10.1. The van der Waals surface area contributed by atoms with Crippen LogP contribution in [0.15, 0.2) is 18.2 Å². The van der Waals surface area contributed by atoms with Crippen molar-refractivity contribution in [2.24, 2.45) is 5.14 Å². The second-order valence-corrected chi connectivity index (χ2v) is 5.85. The summed E-state index contributed by atoms with van der Waals surface area (Å²) in [4.78, 5) is 0. The molecule has 1 atom stereocenters. The van der Waals surface area contributed by atoms with Gasteiger partial charge in [-0.1, -0.05) is 17.7 Å². The minimum absolute atomic E-state index is 0.334. The Morgan fingerprint density at radius 2 is 2.07 bits per heavy atom. The number of hydrogen-bond acceptors (Lipinski definition) is 3. The van der Waals surface area contributed by atoms with Crippen molar-refractivity contribution in [3.8, 4) is 0 Å². The highest BCUT2D eigenvalue weighted by atomic mass is 35.5. The molecule has 84 valence electrons. The molecule has 4 N–H and O–H groups in total. The lowest BCUT2D eigenvalue weighted by Gasteiger charge is -2.09. The van der Waals surface area contributed by atoms with Gasteiger partial charge in [0.25, 0.3) is 0 Å². The molecule has 0 saturated carbocycles. The minimum Gasteiger partial charge on any atom is -0.398 e. The molecule has 0 radical (unpaired) electrons. The highest BCUT2D eigenvalue weighted by Gasteiger charge is 2.16. The number of rotatable bonds is 3.